The Kier molecular flexibility index (Phi) is 6.73. The molecule has 7 heteroatoms. The van der Waals surface area contributed by atoms with Crippen LogP contribution in [0.15, 0.2) is 66.9 Å². The van der Waals surface area contributed by atoms with E-state index in [4.69, 9.17) is 9.84 Å². The minimum atomic E-state index is -0.504. The summed E-state index contributed by atoms with van der Waals surface area (Å²) in [5.41, 5.74) is 1.45. The molecule has 2 aromatic carbocycles. The highest BCUT2D eigenvalue weighted by molar-refractivity contribution is 6.13. The number of nitrogens with zero attached hydrogens (tertiary/aromatic N) is 2. The molecule has 0 aliphatic rings. The van der Waals surface area contributed by atoms with Gasteiger partial charge in [-0.15, -0.1) is 0 Å². The third kappa shape index (κ3) is 4.34. The number of methoxy groups -OCH3 is 1. The molecular weight excluding hydrogens is 348 g/mol. The molecule has 0 spiro atoms. The van der Waals surface area contributed by atoms with Crippen molar-refractivity contribution in [2.45, 2.75) is 0 Å². The number of aliphatic hydroxyl groups is 1. The highest BCUT2D eigenvalue weighted by Gasteiger charge is 2.21. The second-order valence-corrected chi connectivity index (χ2v) is 5.24. The monoisotopic (exact) mass is 366 g/mol. The molecule has 0 fully saturated rings. The highest BCUT2D eigenvalue weighted by atomic mass is 16.6. The van der Waals surface area contributed by atoms with Crippen LogP contribution in [-0.2, 0) is 0 Å². The third-order valence-electron chi connectivity index (χ3n) is 3.74. The number of nitro benzene ring substituents is 1. The van der Waals surface area contributed by atoms with Crippen LogP contribution in [-0.4, -0.2) is 35.0 Å². The first kappa shape index (κ1) is 19.7. The van der Waals surface area contributed by atoms with Gasteiger partial charge in [-0.25, -0.2) is 0 Å². The Labute approximate surface area is 156 Å². The van der Waals surface area contributed by atoms with E-state index in [0.717, 1.165) is 7.11 Å². The van der Waals surface area contributed by atoms with Crippen LogP contribution in [0.3, 0.4) is 0 Å². The zero-order chi connectivity index (χ0) is 19.8. The molecule has 0 aliphatic heterocycles. The molecule has 0 saturated carbocycles. The molecule has 0 saturated heterocycles. The van der Waals surface area contributed by atoms with Crippen LogP contribution in [0.5, 0.6) is 5.75 Å². The number of hydrogen-bond acceptors (Lipinski definition) is 6. The van der Waals surface area contributed by atoms with Crippen molar-refractivity contribution in [3.05, 3.63) is 88.1 Å². The molecule has 138 valence electrons. The molecular formula is C20H18N2O5. The second-order valence-electron chi connectivity index (χ2n) is 5.24. The minimum Gasteiger partial charge on any atom is -0.494 e. The molecule has 7 nitrogen and oxygen atoms in total. The molecule has 0 unspecified atom stereocenters. The fourth-order valence-corrected chi connectivity index (χ4v) is 2.54. The Hall–Kier alpha value is -3.58. The van der Waals surface area contributed by atoms with Gasteiger partial charge in [-0.3, -0.25) is 19.9 Å². The van der Waals surface area contributed by atoms with Gasteiger partial charge in [-0.2, -0.15) is 0 Å². The smallest absolute Gasteiger partial charge is 0.270 e. The summed E-state index contributed by atoms with van der Waals surface area (Å²) in [6, 6.07) is 16.2. The number of aliphatic hydroxyl groups excluding tert-OH is 1. The number of rotatable bonds is 5. The van der Waals surface area contributed by atoms with Gasteiger partial charge in [0.05, 0.1) is 12.0 Å². The first-order valence-electron chi connectivity index (χ1n) is 7.94. The van der Waals surface area contributed by atoms with Crippen molar-refractivity contribution in [2.24, 2.45) is 0 Å². The van der Waals surface area contributed by atoms with Crippen LogP contribution >= 0.6 is 0 Å². The first-order chi connectivity index (χ1) is 13.1. The number of pyridine rings is 1. The van der Waals surface area contributed by atoms with Crippen molar-refractivity contribution >= 4 is 11.5 Å². The van der Waals surface area contributed by atoms with Crippen LogP contribution in [0.4, 0.5) is 5.69 Å². The van der Waals surface area contributed by atoms with E-state index in [0.29, 0.717) is 28.1 Å². The maximum Gasteiger partial charge on any atom is 0.270 e. The molecule has 1 heterocycles. The lowest BCUT2D eigenvalue weighted by Crippen LogP contribution is -2.05. The summed E-state index contributed by atoms with van der Waals surface area (Å²) in [5, 5.41) is 18.2. The van der Waals surface area contributed by atoms with Crippen molar-refractivity contribution in [2.75, 3.05) is 14.2 Å². The van der Waals surface area contributed by atoms with Gasteiger partial charge in [0.1, 0.15) is 11.4 Å². The first-order valence-corrected chi connectivity index (χ1v) is 7.94. The average molecular weight is 366 g/mol. The van der Waals surface area contributed by atoms with Crippen LogP contribution in [0.2, 0.25) is 0 Å². The number of hydrogen-bond donors (Lipinski definition) is 1. The van der Waals surface area contributed by atoms with Crippen LogP contribution in [0, 0.1) is 10.1 Å². The zero-order valence-electron chi connectivity index (χ0n) is 14.8. The molecule has 1 aromatic heterocycles. The van der Waals surface area contributed by atoms with Gasteiger partial charge in [0.25, 0.3) is 5.69 Å². The van der Waals surface area contributed by atoms with E-state index in [1.54, 1.807) is 42.6 Å². The zero-order valence-corrected chi connectivity index (χ0v) is 14.8. The van der Waals surface area contributed by atoms with E-state index in [9.17, 15) is 14.9 Å². The van der Waals surface area contributed by atoms with Crippen molar-refractivity contribution in [1.82, 2.24) is 4.98 Å². The van der Waals surface area contributed by atoms with Gasteiger partial charge in [0, 0.05) is 42.1 Å². The Morgan fingerprint density at radius 2 is 1.78 bits per heavy atom. The van der Waals surface area contributed by atoms with Crippen molar-refractivity contribution in [1.29, 1.82) is 0 Å². The second kappa shape index (κ2) is 9.21. The topological polar surface area (TPSA) is 103 Å². The largest absolute Gasteiger partial charge is 0.494 e. The van der Waals surface area contributed by atoms with Crippen LogP contribution in [0.25, 0.3) is 11.3 Å². The molecule has 1 N–H and O–H groups in total. The molecule has 0 aliphatic carbocycles. The number of benzene rings is 2. The lowest BCUT2D eigenvalue weighted by Gasteiger charge is -2.11. The lowest BCUT2D eigenvalue weighted by atomic mass is 9.95. The SMILES string of the molecule is CO.COc1cccnc1-c1cc([N+](=O)[O-])ccc1C(=O)c1ccccc1. The molecule has 0 amide bonds. The number of aromatic nitrogens is 1. The lowest BCUT2D eigenvalue weighted by molar-refractivity contribution is -0.384. The fraction of sp³-hybridized carbons (Fsp3) is 0.100. The Balaban J connectivity index is 0.00000126. The van der Waals surface area contributed by atoms with Crippen molar-refractivity contribution < 1.29 is 19.6 Å². The van der Waals surface area contributed by atoms with E-state index >= 15 is 0 Å². The number of non-ortho nitro benzene ring substituents is 1. The van der Waals surface area contributed by atoms with E-state index in [2.05, 4.69) is 4.98 Å². The third-order valence-corrected chi connectivity index (χ3v) is 3.74. The van der Waals surface area contributed by atoms with Crippen molar-refractivity contribution in [3.8, 4) is 17.0 Å². The summed E-state index contributed by atoms with van der Waals surface area (Å²) < 4.78 is 5.30. The summed E-state index contributed by atoms with van der Waals surface area (Å²) in [6.45, 7) is 0. The van der Waals surface area contributed by atoms with E-state index in [1.807, 2.05) is 6.07 Å². The van der Waals surface area contributed by atoms with E-state index in [-0.39, 0.29) is 11.5 Å². The predicted octanol–water partition coefficient (Wildman–Crippen LogP) is 3.50. The maximum absolute atomic E-state index is 12.9. The average Bonchev–Trinajstić information content (AvgIpc) is 2.74. The van der Waals surface area contributed by atoms with Crippen LogP contribution in [0.1, 0.15) is 15.9 Å². The number of carbonyl (C=O) groups is 1. The predicted molar refractivity (Wildman–Crippen MR) is 101 cm³/mol. The number of ether oxygens (including phenoxy) is 1. The minimum absolute atomic E-state index is 0.118. The van der Waals surface area contributed by atoms with E-state index in [1.165, 1.54) is 25.3 Å². The van der Waals surface area contributed by atoms with Gasteiger partial charge >= 0.3 is 0 Å². The molecule has 0 radical (unpaired) electrons. The van der Waals surface area contributed by atoms with Crippen LogP contribution < -0.4 is 4.74 Å². The molecule has 0 bridgehead atoms. The summed E-state index contributed by atoms with van der Waals surface area (Å²) in [4.78, 5) is 27.8. The maximum atomic E-state index is 12.9. The number of carbonyl (C=O) groups excluding carboxylic acids is 1. The number of ketones is 1. The summed E-state index contributed by atoms with van der Waals surface area (Å²) >= 11 is 0. The van der Waals surface area contributed by atoms with Gasteiger partial charge in [0.15, 0.2) is 5.78 Å². The Morgan fingerprint density at radius 3 is 2.41 bits per heavy atom. The molecule has 27 heavy (non-hydrogen) atoms. The van der Waals surface area contributed by atoms with Gasteiger partial charge < -0.3 is 9.84 Å². The van der Waals surface area contributed by atoms with E-state index < -0.39 is 4.92 Å². The van der Waals surface area contributed by atoms with Gasteiger partial charge in [0.2, 0.25) is 0 Å². The van der Waals surface area contributed by atoms with Crippen molar-refractivity contribution in [3.63, 3.8) is 0 Å². The molecule has 0 atom stereocenters. The summed E-state index contributed by atoms with van der Waals surface area (Å²) in [6.07, 6.45) is 1.55. The number of nitro groups is 1. The van der Waals surface area contributed by atoms with Gasteiger partial charge in [-0.1, -0.05) is 30.3 Å². The Bertz CT molecular complexity index is 942. The van der Waals surface area contributed by atoms with Gasteiger partial charge in [-0.05, 0) is 18.2 Å². The standard InChI is InChI=1S/C19H14N2O4.CH4O/c1-25-17-8-5-11-20-18(17)16-12-14(21(23)24)9-10-15(16)19(22)13-6-3-2-4-7-13;1-2/h2-12H,1H3;2H,1H3. The normalized spacial score (nSPS) is 9.74. The molecule has 3 aromatic rings. The highest BCUT2D eigenvalue weighted by Crippen LogP contribution is 2.33. The summed E-state index contributed by atoms with van der Waals surface area (Å²) in [7, 11) is 2.48. The summed E-state index contributed by atoms with van der Waals surface area (Å²) in [5.74, 6) is 0.198. The Morgan fingerprint density at radius 1 is 1.07 bits per heavy atom. The molecule has 3 rings (SSSR count). The fourth-order valence-electron chi connectivity index (χ4n) is 2.54. The quantitative estimate of drug-likeness (QED) is 0.421.